The van der Waals surface area contributed by atoms with Crippen LogP contribution in [0.2, 0.25) is 0 Å². The van der Waals surface area contributed by atoms with Crippen LogP contribution < -0.4 is 0 Å². The molecule has 3 aromatic rings. The molecule has 7 heteroatoms. The van der Waals surface area contributed by atoms with Crippen molar-refractivity contribution in [1.29, 1.82) is 0 Å². The molecule has 1 aromatic heterocycles. The number of aromatic nitrogens is 1. The van der Waals surface area contributed by atoms with Gasteiger partial charge in [-0.05, 0) is 30.4 Å². The first-order chi connectivity index (χ1) is 16.8. The minimum absolute atomic E-state index is 0.107. The van der Waals surface area contributed by atoms with Crippen molar-refractivity contribution in [3.05, 3.63) is 87.6 Å². The molecule has 6 nitrogen and oxygen atoms in total. The lowest BCUT2D eigenvalue weighted by Gasteiger charge is -2.27. The zero-order chi connectivity index (χ0) is 25.1. The van der Waals surface area contributed by atoms with Crippen LogP contribution in [0.5, 0.6) is 0 Å². The van der Waals surface area contributed by atoms with E-state index >= 15 is 0 Å². The van der Waals surface area contributed by atoms with Crippen LogP contribution in [0.4, 0.5) is 0 Å². The van der Waals surface area contributed by atoms with Gasteiger partial charge in [0, 0.05) is 25.8 Å². The number of ether oxygens (including phenoxy) is 1. The van der Waals surface area contributed by atoms with Gasteiger partial charge in [0.2, 0.25) is 5.78 Å². The van der Waals surface area contributed by atoms with Gasteiger partial charge in [0.1, 0.15) is 5.01 Å². The minimum atomic E-state index is -0.672. The summed E-state index contributed by atoms with van der Waals surface area (Å²) in [5.41, 5.74) is 3.56. The van der Waals surface area contributed by atoms with Crippen LogP contribution in [0.25, 0.3) is 10.6 Å². The van der Waals surface area contributed by atoms with Gasteiger partial charge in [-0.3, -0.25) is 9.59 Å². The molecule has 35 heavy (non-hydrogen) atoms. The topological polar surface area (TPSA) is 79.7 Å². The highest BCUT2D eigenvalue weighted by Crippen LogP contribution is 2.41. The van der Waals surface area contributed by atoms with Gasteiger partial charge in [0.05, 0.1) is 22.2 Å². The summed E-state index contributed by atoms with van der Waals surface area (Å²) in [6, 6.07) is 16.9. The van der Waals surface area contributed by atoms with Crippen LogP contribution in [0, 0.1) is 6.92 Å². The number of Topliss-reactive ketones (excluding diaryl/α,β-unsaturated/α-hetero) is 1. The molecule has 0 saturated carbocycles. The fourth-order valence-electron chi connectivity index (χ4n) is 4.34. The summed E-state index contributed by atoms with van der Waals surface area (Å²) >= 11 is 1.28. The van der Waals surface area contributed by atoms with Crippen molar-refractivity contribution in [2.24, 2.45) is 0 Å². The second-order valence-corrected chi connectivity index (χ2v) is 9.96. The second kappa shape index (κ2) is 10.5. The van der Waals surface area contributed by atoms with Crippen LogP contribution in [0.1, 0.15) is 58.7 Å². The predicted molar refractivity (Wildman–Crippen MR) is 138 cm³/mol. The van der Waals surface area contributed by atoms with E-state index in [2.05, 4.69) is 18.8 Å². The zero-order valence-electron chi connectivity index (χ0n) is 20.4. The van der Waals surface area contributed by atoms with Crippen molar-refractivity contribution in [3.8, 4) is 10.6 Å². The third-order valence-electron chi connectivity index (χ3n) is 6.24. The summed E-state index contributed by atoms with van der Waals surface area (Å²) in [4.78, 5) is 33.6. The molecule has 1 aliphatic heterocycles. The Hall–Kier alpha value is -3.29. The van der Waals surface area contributed by atoms with E-state index in [9.17, 15) is 14.7 Å². The summed E-state index contributed by atoms with van der Waals surface area (Å²) in [7, 11) is 1.61. The molecule has 0 saturated heterocycles. The van der Waals surface area contributed by atoms with E-state index in [1.54, 1.807) is 18.9 Å². The van der Waals surface area contributed by atoms with E-state index in [1.807, 2.05) is 54.6 Å². The van der Waals surface area contributed by atoms with Crippen molar-refractivity contribution in [2.75, 3.05) is 20.3 Å². The number of ketones is 1. The Morgan fingerprint density at radius 2 is 1.83 bits per heavy atom. The number of amides is 1. The van der Waals surface area contributed by atoms with Crippen LogP contribution in [0.3, 0.4) is 0 Å². The average molecular weight is 491 g/mol. The summed E-state index contributed by atoms with van der Waals surface area (Å²) in [6.45, 7) is 6.85. The third kappa shape index (κ3) is 4.92. The standard InChI is InChI=1S/C28H30N2O4S/c1-17(2)19-11-13-20(14-12-19)23-22(25(32)28(33)30(23)15-8-16-34-4)24(31)26-18(3)29-27(35-26)21-9-6-5-7-10-21/h5-7,9-14,17,23,32H,8,15-16H2,1-4H3. The molecular formula is C28H30N2O4S. The Morgan fingerprint density at radius 1 is 1.14 bits per heavy atom. The fourth-order valence-corrected chi connectivity index (χ4v) is 5.36. The second-order valence-electron chi connectivity index (χ2n) is 8.96. The highest BCUT2D eigenvalue weighted by Gasteiger charge is 2.44. The van der Waals surface area contributed by atoms with Gasteiger partial charge in [-0.15, -0.1) is 11.3 Å². The van der Waals surface area contributed by atoms with Gasteiger partial charge < -0.3 is 14.7 Å². The Bertz CT molecular complexity index is 1250. The number of aliphatic hydroxyl groups is 1. The predicted octanol–water partition coefficient (Wildman–Crippen LogP) is 5.86. The van der Waals surface area contributed by atoms with Gasteiger partial charge >= 0.3 is 0 Å². The molecule has 0 radical (unpaired) electrons. The summed E-state index contributed by atoms with van der Waals surface area (Å²) in [5, 5.41) is 11.7. The SMILES string of the molecule is COCCCN1C(=O)C(O)=C(C(=O)c2sc(-c3ccccc3)nc2C)C1c1ccc(C(C)C)cc1. The molecular weight excluding hydrogens is 460 g/mol. The molecule has 1 aliphatic rings. The molecule has 0 fully saturated rings. The molecule has 2 heterocycles. The van der Waals surface area contributed by atoms with E-state index in [1.165, 1.54) is 11.3 Å². The number of benzene rings is 2. The van der Waals surface area contributed by atoms with Crippen LogP contribution in [0.15, 0.2) is 65.9 Å². The maximum absolute atomic E-state index is 13.9. The maximum Gasteiger partial charge on any atom is 0.290 e. The number of aliphatic hydroxyl groups excluding tert-OH is 1. The molecule has 2 aromatic carbocycles. The van der Waals surface area contributed by atoms with Gasteiger partial charge in [-0.1, -0.05) is 68.4 Å². The monoisotopic (exact) mass is 490 g/mol. The highest BCUT2D eigenvalue weighted by atomic mass is 32.1. The number of aryl methyl sites for hydroxylation is 1. The molecule has 1 unspecified atom stereocenters. The molecule has 1 atom stereocenters. The zero-order valence-corrected chi connectivity index (χ0v) is 21.3. The summed E-state index contributed by atoms with van der Waals surface area (Å²) in [6.07, 6.45) is 0.593. The number of thiazole rings is 1. The molecule has 1 N–H and O–H groups in total. The number of nitrogens with zero attached hydrogens (tertiary/aromatic N) is 2. The van der Waals surface area contributed by atoms with Crippen molar-refractivity contribution in [1.82, 2.24) is 9.88 Å². The lowest BCUT2D eigenvalue weighted by atomic mass is 9.93. The first-order valence-corrected chi connectivity index (χ1v) is 12.6. The largest absolute Gasteiger partial charge is 0.503 e. The van der Waals surface area contributed by atoms with E-state index in [-0.39, 0.29) is 11.4 Å². The molecule has 0 bridgehead atoms. The van der Waals surface area contributed by atoms with Crippen molar-refractivity contribution in [3.63, 3.8) is 0 Å². The van der Waals surface area contributed by atoms with E-state index < -0.39 is 17.7 Å². The van der Waals surface area contributed by atoms with Crippen molar-refractivity contribution in [2.45, 2.75) is 39.2 Å². The fraction of sp³-hybridized carbons (Fsp3) is 0.321. The quantitative estimate of drug-likeness (QED) is 0.300. The van der Waals surface area contributed by atoms with Gasteiger partial charge in [0.25, 0.3) is 5.91 Å². The number of hydrogen-bond donors (Lipinski definition) is 1. The molecule has 4 rings (SSSR count). The molecule has 0 spiro atoms. The maximum atomic E-state index is 13.9. The Labute approximate surface area is 209 Å². The van der Waals surface area contributed by atoms with Crippen molar-refractivity contribution >= 4 is 23.0 Å². The smallest absolute Gasteiger partial charge is 0.290 e. The highest BCUT2D eigenvalue weighted by molar-refractivity contribution is 7.17. The normalized spacial score (nSPS) is 16.0. The van der Waals surface area contributed by atoms with E-state index in [0.717, 1.165) is 21.7 Å². The Morgan fingerprint density at radius 3 is 2.46 bits per heavy atom. The van der Waals surface area contributed by atoms with E-state index in [4.69, 9.17) is 4.74 Å². The first kappa shape index (κ1) is 24.8. The van der Waals surface area contributed by atoms with Crippen LogP contribution in [-0.4, -0.2) is 46.9 Å². The molecule has 0 aliphatic carbocycles. The lowest BCUT2D eigenvalue weighted by Crippen LogP contribution is -2.32. The molecule has 182 valence electrons. The lowest BCUT2D eigenvalue weighted by molar-refractivity contribution is -0.129. The van der Waals surface area contributed by atoms with Crippen LogP contribution >= 0.6 is 11.3 Å². The Balaban J connectivity index is 1.75. The van der Waals surface area contributed by atoms with Crippen molar-refractivity contribution < 1.29 is 19.4 Å². The number of hydrogen-bond acceptors (Lipinski definition) is 6. The van der Waals surface area contributed by atoms with Gasteiger partial charge in [-0.25, -0.2) is 4.98 Å². The average Bonchev–Trinajstić information content (AvgIpc) is 3.37. The van der Waals surface area contributed by atoms with E-state index in [0.29, 0.717) is 36.1 Å². The minimum Gasteiger partial charge on any atom is -0.503 e. The molecule has 1 amide bonds. The van der Waals surface area contributed by atoms with Gasteiger partial charge in [0.15, 0.2) is 5.76 Å². The number of carbonyl (C=O) groups excluding carboxylic acids is 2. The van der Waals surface area contributed by atoms with Gasteiger partial charge in [-0.2, -0.15) is 0 Å². The van der Waals surface area contributed by atoms with Crippen LogP contribution in [-0.2, 0) is 9.53 Å². The summed E-state index contributed by atoms with van der Waals surface area (Å²) in [5.74, 6) is -1.03. The summed E-state index contributed by atoms with van der Waals surface area (Å²) < 4.78 is 5.16. The first-order valence-electron chi connectivity index (χ1n) is 11.7. The number of rotatable bonds is 9. The third-order valence-corrected chi connectivity index (χ3v) is 7.44. The number of methoxy groups -OCH3 is 1. The Kier molecular flexibility index (Phi) is 7.48. The number of carbonyl (C=O) groups is 2.